The molecule has 0 heterocycles. The van der Waals surface area contributed by atoms with E-state index in [4.69, 9.17) is 11.6 Å². The van der Waals surface area contributed by atoms with Gasteiger partial charge in [0, 0.05) is 18.1 Å². The molecule has 0 saturated heterocycles. The lowest BCUT2D eigenvalue weighted by Gasteiger charge is -2.25. The Hall–Kier alpha value is -1.40. The number of benzene rings is 2. The summed E-state index contributed by atoms with van der Waals surface area (Å²) in [4.78, 5) is 0.186. The van der Waals surface area contributed by atoms with Crippen molar-refractivity contribution in [1.82, 2.24) is 4.31 Å². The molecule has 2 aromatic rings. The van der Waals surface area contributed by atoms with Crippen LogP contribution in [0.15, 0.2) is 59.5 Å². The molecule has 0 saturated carbocycles. The van der Waals surface area contributed by atoms with Crippen LogP contribution in [0.4, 0.5) is 0 Å². The Morgan fingerprint density at radius 3 is 2.30 bits per heavy atom. The van der Waals surface area contributed by atoms with E-state index in [0.29, 0.717) is 23.9 Å². The second-order valence-corrected chi connectivity index (χ2v) is 9.37. The van der Waals surface area contributed by atoms with Crippen molar-refractivity contribution in [2.75, 3.05) is 13.1 Å². The van der Waals surface area contributed by atoms with E-state index in [0.717, 1.165) is 12.0 Å². The van der Waals surface area contributed by atoms with Crippen molar-refractivity contribution in [3.05, 3.63) is 71.6 Å². The van der Waals surface area contributed by atoms with Crippen LogP contribution >= 0.6 is 11.6 Å². The maximum atomic E-state index is 13.0. The fourth-order valence-electron chi connectivity index (χ4n) is 2.64. The van der Waals surface area contributed by atoms with Crippen LogP contribution in [0.5, 0.6) is 0 Å². The zero-order valence-corrected chi connectivity index (χ0v) is 17.3. The molecule has 4 nitrogen and oxygen atoms in total. The number of halogens is 1. The molecule has 1 atom stereocenters. The normalized spacial score (nSPS) is 13.3. The smallest absolute Gasteiger partial charge is 0.243 e. The summed E-state index contributed by atoms with van der Waals surface area (Å²) in [6, 6.07) is 15.9. The molecule has 2 aromatic carbocycles. The van der Waals surface area contributed by atoms with Crippen molar-refractivity contribution in [3.8, 4) is 0 Å². The first-order valence-electron chi connectivity index (χ1n) is 9.10. The van der Waals surface area contributed by atoms with Gasteiger partial charge in [-0.3, -0.25) is 0 Å². The first-order valence-corrected chi connectivity index (χ1v) is 10.9. The highest BCUT2D eigenvalue weighted by molar-refractivity contribution is 7.89. The molecule has 27 heavy (non-hydrogen) atoms. The van der Waals surface area contributed by atoms with Crippen molar-refractivity contribution in [1.29, 1.82) is 0 Å². The third-order valence-corrected chi connectivity index (χ3v) is 6.40. The number of aliphatic hydroxyl groups excluding tert-OH is 1. The highest BCUT2D eigenvalue weighted by atomic mass is 35.5. The van der Waals surface area contributed by atoms with Crippen molar-refractivity contribution in [3.63, 3.8) is 0 Å². The van der Waals surface area contributed by atoms with Crippen molar-refractivity contribution in [2.24, 2.45) is 5.92 Å². The maximum absolute atomic E-state index is 13.0. The van der Waals surface area contributed by atoms with Gasteiger partial charge in [0.1, 0.15) is 0 Å². The van der Waals surface area contributed by atoms with E-state index < -0.39 is 16.1 Å². The van der Waals surface area contributed by atoms with Crippen molar-refractivity contribution < 1.29 is 13.5 Å². The van der Waals surface area contributed by atoms with E-state index >= 15 is 0 Å². The second-order valence-electron chi connectivity index (χ2n) is 6.99. The van der Waals surface area contributed by atoms with E-state index in [1.54, 1.807) is 18.6 Å². The van der Waals surface area contributed by atoms with Gasteiger partial charge in [0.25, 0.3) is 0 Å². The van der Waals surface area contributed by atoms with E-state index in [1.165, 1.54) is 16.4 Å². The zero-order chi connectivity index (χ0) is 19.9. The lowest BCUT2D eigenvalue weighted by atomic mass is 10.1. The third kappa shape index (κ3) is 6.92. The number of hydrogen-bond donors (Lipinski definition) is 1. The molecular formula is C21H27ClNO3S. The van der Waals surface area contributed by atoms with Gasteiger partial charge in [-0.15, -0.1) is 0 Å². The SMILES string of the molecule is CC(C)CCN(C[C@H](O)[CH]Cc1ccccc1)S(=O)(=O)c1ccc(Cl)cc1. The molecule has 1 radical (unpaired) electrons. The van der Waals surface area contributed by atoms with Crippen LogP contribution in [0.3, 0.4) is 0 Å². The molecule has 0 aliphatic rings. The van der Waals surface area contributed by atoms with E-state index in [1.807, 2.05) is 44.2 Å². The second kappa shape index (κ2) is 10.2. The van der Waals surface area contributed by atoms with Gasteiger partial charge >= 0.3 is 0 Å². The standard InChI is InChI=1S/C21H27ClNO3S/c1-17(2)14-15-23(27(25,26)21-12-9-19(22)10-13-21)16-20(24)11-8-18-6-4-3-5-7-18/h3-7,9-13,17,20,24H,8,14-16H2,1-2H3/t20-/m1/s1. The molecule has 0 spiro atoms. The summed E-state index contributed by atoms with van der Waals surface area (Å²) < 4.78 is 27.4. The minimum atomic E-state index is -3.70. The van der Waals surface area contributed by atoms with Crippen molar-refractivity contribution >= 4 is 21.6 Å². The lowest BCUT2D eigenvalue weighted by molar-refractivity contribution is 0.169. The Balaban J connectivity index is 2.09. The first kappa shape index (κ1) is 21.9. The van der Waals surface area contributed by atoms with Crippen LogP contribution in [-0.2, 0) is 16.4 Å². The Kier molecular flexibility index (Phi) is 8.29. The molecule has 0 amide bonds. The van der Waals surface area contributed by atoms with Crippen LogP contribution in [-0.4, -0.2) is 37.0 Å². The molecule has 0 aliphatic carbocycles. The number of hydrogen-bond acceptors (Lipinski definition) is 3. The predicted octanol–water partition coefficient (Wildman–Crippen LogP) is 4.18. The number of sulfonamides is 1. The monoisotopic (exact) mass is 408 g/mol. The topological polar surface area (TPSA) is 57.6 Å². The quantitative estimate of drug-likeness (QED) is 0.641. The first-order chi connectivity index (χ1) is 12.8. The van der Waals surface area contributed by atoms with Crippen LogP contribution < -0.4 is 0 Å². The summed E-state index contributed by atoms with van der Waals surface area (Å²) in [5, 5.41) is 10.9. The van der Waals surface area contributed by atoms with E-state index in [9.17, 15) is 13.5 Å². The molecule has 0 fully saturated rings. The minimum absolute atomic E-state index is 0.0323. The van der Waals surface area contributed by atoms with Crippen molar-refractivity contribution in [2.45, 2.75) is 37.7 Å². The van der Waals surface area contributed by atoms with Gasteiger partial charge in [-0.25, -0.2) is 8.42 Å². The van der Waals surface area contributed by atoms with Gasteiger partial charge in [0.15, 0.2) is 0 Å². The molecule has 6 heteroatoms. The van der Waals surface area contributed by atoms with Crippen LogP contribution in [0.1, 0.15) is 25.8 Å². The summed E-state index contributed by atoms with van der Waals surface area (Å²) in [5.41, 5.74) is 1.07. The maximum Gasteiger partial charge on any atom is 0.243 e. The summed E-state index contributed by atoms with van der Waals surface area (Å²) in [6.45, 7) is 4.49. The Bertz CT molecular complexity index is 792. The van der Waals surface area contributed by atoms with Gasteiger partial charge in [-0.05, 0) is 55.0 Å². The van der Waals surface area contributed by atoms with Crippen LogP contribution in [0, 0.1) is 12.3 Å². The van der Waals surface area contributed by atoms with E-state index in [-0.39, 0.29) is 11.4 Å². The number of rotatable bonds is 10. The molecule has 2 rings (SSSR count). The van der Waals surface area contributed by atoms with Crippen LogP contribution in [0.2, 0.25) is 5.02 Å². The Labute approximate surface area is 167 Å². The van der Waals surface area contributed by atoms with E-state index in [2.05, 4.69) is 0 Å². The average Bonchev–Trinajstić information content (AvgIpc) is 2.64. The van der Waals surface area contributed by atoms with Gasteiger partial charge < -0.3 is 5.11 Å². The highest BCUT2D eigenvalue weighted by Crippen LogP contribution is 2.20. The zero-order valence-electron chi connectivity index (χ0n) is 15.8. The van der Waals surface area contributed by atoms with Gasteiger partial charge in [0.05, 0.1) is 11.0 Å². The number of aliphatic hydroxyl groups is 1. The Morgan fingerprint density at radius 1 is 1.07 bits per heavy atom. The highest BCUT2D eigenvalue weighted by Gasteiger charge is 2.26. The van der Waals surface area contributed by atoms with Gasteiger partial charge in [0.2, 0.25) is 10.0 Å². The summed E-state index contributed by atoms with van der Waals surface area (Å²) in [7, 11) is -3.70. The van der Waals surface area contributed by atoms with Crippen LogP contribution in [0.25, 0.3) is 0 Å². The fourth-order valence-corrected chi connectivity index (χ4v) is 4.24. The molecule has 0 unspecified atom stereocenters. The largest absolute Gasteiger partial charge is 0.391 e. The molecular weight excluding hydrogens is 382 g/mol. The Morgan fingerprint density at radius 2 is 1.70 bits per heavy atom. The molecule has 0 bridgehead atoms. The number of nitrogens with zero attached hydrogens (tertiary/aromatic N) is 1. The molecule has 1 N–H and O–H groups in total. The lowest BCUT2D eigenvalue weighted by Crippen LogP contribution is -2.39. The summed E-state index contributed by atoms with van der Waals surface area (Å²) in [6.07, 6.45) is 2.20. The fraction of sp³-hybridized carbons (Fsp3) is 0.381. The molecule has 0 aromatic heterocycles. The van der Waals surface area contributed by atoms with Gasteiger partial charge in [-0.1, -0.05) is 55.8 Å². The predicted molar refractivity (Wildman–Crippen MR) is 110 cm³/mol. The summed E-state index contributed by atoms with van der Waals surface area (Å²) in [5.74, 6) is 0.360. The molecule has 0 aliphatic heterocycles. The summed E-state index contributed by atoms with van der Waals surface area (Å²) >= 11 is 5.87. The third-order valence-electron chi connectivity index (χ3n) is 4.27. The average molecular weight is 409 g/mol. The molecule has 147 valence electrons. The van der Waals surface area contributed by atoms with Gasteiger partial charge in [-0.2, -0.15) is 4.31 Å². The minimum Gasteiger partial charge on any atom is -0.391 e.